The first kappa shape index (κ1) is 16.8. The molecule has 1 saturated heterocycles. The molecule has 1 aliphatic carbocycles. The van der Waals surface area contributed by atoms with Gasteiger partial charge >= 0.3 is 6.09 Å². The normalized spacial score (nSPS) is 25.0. The highest BCUT2D eigenvalue weighted by Crippen LogP contribution is 2.36. The van der Waals surface area contributed by atoms with E-state index in [4.69, 9.17) is 4.74 Å². The average Bonchev–Trinajstić information content (AvgIpc) is 3.03. The Bertz CT molecular complexity index is 786. The molecule has 6 heteroatoms. The number of hydrogen-bond donors (Lipinski definition) is 2. The fraction of sp³-hybridized carbons (Fsp3) is 0.400. The molecule has 0 bridgehead atoms. The third-order valence-corrected chi connectivity index (χ3v) is 5.39. The predicted octanol–water partition coefficient (Wildman–Crippen LogP) is 3.97. The number of nitrogens with one attached hydrogen (secondary N) is 2. The van der Waals surface area contributed by atoms with Gasteiger partial charge in [-0.25, -0.2) is 9.18 Å². The van der Waals surface area contributed by atoms with Crippen molar-refractivity contribution in [3.8, 4) is 11.3 Å². The molecule has 1 aliphatic heterocycles. The number of alkyl carbamates (subject to hydrolysis) is 1. The number of halogens is 1. The molecular formula is C20H22FN3O2. The smallest absolute Gasteiger partial charge is 0.407 e. The lowest BCUT2D eigenvalue weighted by molar-refractivity contribution is 0.0148. The molecule has 136 valence electrons. The van der Waals surface area contributed by atoms with E-state index < -0.39 is 0 Å². The molecule has 2 aromatic rings. The summed E-state index contributed by atoms with van der Waals surface area (Å²) >= 11 is 0. The molecule has 1 saturated carbocycles. The zero-order chi connectivity index (χ0) is 18.0. The number of ether oxygens (including phenoxy) is 1. The van der Waals surface area contributed by atoms with Crippen molar-refractivity contribution >= 4 is 11.8 Å². The summed E-state index contributed by atoms with van der Waals surface area (Å²) in [6, 6.07) is 10.4. The van der Waals surface area contributed by atoms with Crippen LogP contribution in [-0.2, 0) is 4.74 Å². The van der Waals surface area contributed by atoms with Crippen LogP contribution in [0.15, 0.2) is 42.6 Å². The van der Waals surface area contributed by atoms with Gasteiger partial charge in [0.15, 0.2) is 0 Å². The van der Waals surface area contributed by atoms with Crippen LogP contribution in [-0.4, -0.2) is 29.8 Å². The predicted molar refractivity (Wildman–Crippen MR) is 97.3 cm³/mol. The van der Waals surface area contributed by atoms with Crippen LogP contribution < -0.4 is 10.6 Å². The van der Waals surface area contributed by atoms with Gasteiger partial charge in [0.05, 0.1) is 24.1 Å². The van der Waals surface area contributed by atoms with Crippen molar-refractivity contribution < 1.29 is 13.9 Å². The molecule has 0 radical (unpaired) electrons. The summed E-state index contributed by atoms with van der Waals surface area (Å²) in [5, 5.41) is 6.18. The zero-order valence-corrected chi connectivity index (χ0v) is 14.5. The standard InChI is InChI=1S/C20H22FN3O2/c21-17-4-2-1-3-16(17)18-6-5-15(12-23-18)22-11-14-7-9-20(10-8-14)13-24-19(25)26-20/h1-6,12,14,22H,7-11,13H2,(H,24,25). The summed E-state index contributed by atoms with van der Waals surface area (Å²) in [6.45, 7) is 1.49. The van der Waals surface area contributed by atoms with E-state index in [1.807, 2.05) is 12.1 Å². The molecule has 1 spiro atoms. The SMILES string of the molecule is O=C1NCC2(CCC(CNc3ccc(-c4ccccc4F)nc3)CC2)O1. The first-order chi connectivity index (χ1) is 12.6. The van der Waals surface area contributed by atoms with E-state index in [0.29, 0.717) is 23.7 Å². The molecule has 0 unspecified atom stereocenters. The number of nitrogens with zero attached hydrogens (tertiary/aromatic N) is 1. The number of carbonyl (C=O) groups excluding carboxylic acids is 1. The third kappa shape index (κ3) is 3.49. The summed E-state index contributed by atoms with van der Waals surface area (Å²) in [7, 11) is 0. The Morgan fingerprint density at radius 3 is 2.69 bits per heavy atom. The van der Waals surface area contributed by atoms with E-state index in [1.54, 1.807) is 24.4 Å². The number of rotatable bonds is 4. The van der Waals surface area contributed by atoms with Gasteiger partial charge in [-0.05, 0) is 55.9 Å². The van der Waals surface area contributed by atoms with Crippen LogP contribution in [0.3, 0.4) is 0 Å². The summed E-state index contributed by atoms with van der Waals surface area (Å²) in [5.74, 6) is 0.283. The number of anilines is 1. The Hall–Kier alpha value is -2.63. The fourth-order valence-corrected chi connectivity index (χ4v) is 3.78. The molecule has 2 heterocycles. The Labute approximate surface area is 152 Å². The van der Waals surface area contributed by atoms with Crippen LogP contribution in [0.2, 0.25) is 0 Å². The number of pyridine rings is 1. The maximum Gasteiger partial charge on any atom is 0.407 e. The number of amides is 1. The second kappa shape index (κ2) is 6.94. The summed E-state index contributed by atoms with van der Waals surface area (Å²) in [4.78, 5) is 15.7. The van der Waals surface area contributed by atoms with Crippen LogP contribution in [0.5, 0.6) is 0 Å². The lowest BCUT2D eigenvalue weighted by Gasteiger charge is -2.34. The van der Waals surface area contributed by atoms with Gasteiger partial charge in [0.1, 0.15) is 11.4 Å². The first-order valence-corrected chi connectivity index (χ1v) is 9.05. The minimum absolute atomic E-state index is 0.265. The van der Waals surface area contributed by atoms with Gasteiger partial charge in [-0.2, -0.15) is 0 Å². The van der Waals surface area contributed by atoms with Crippen molar-refractivity contribution in [3.63, 3.8) is 0 Å². The zero-order valence-electron chi connectivity index (χ0n) is 14.5. The highest BCUT2D eigenvalue weighted by Gasteiger charge is 2.42. The van der Waals surface area contributed by atoms with Crippen molar-refractivity contribution in [1.29, 1.82) is 0 Å². The molecule has 1 aromatic heterocycles. The quantitative estimate of drug-likeness (QED) is 0.871. The number of hydrogen-bond acceptors (Lipinski definition) is 4. The molecule has 1 amide bonds. The maximum absolute atomic E-state index is 13.8. The molecule has 5 nitrogen and oxygen atoms in total. The molecule has 4 rings (SSSR count). The van der Waals surface area contributed by atoms with Crippen molar-refractivity contribution in [2.75, 3.05) is 18.4 Å². The van der Waals surface area contributed by atoms with Crippen LogP contribution in [0, 0.1) is 11.7 Å². The molecule has 1 aromatic carbocycles. The van der Waals surface area contributed by atoms with Crippen LogP contribution in [0.25, 0.3) is 11.3 Å². The summed E-state index contributed by atoms with van der Waals surface area (Å²) in [6.07, 6.45) is 5.33. The lowest BCUT2D eigenvalue weighted by Crippen LogP contribution is -2.38. The summed E-state index contributed by atoms with van der Waals surface area (Å²) < 4.78 is 19.3. The Balaban J connectivity index is 1.30. The van der Waals surface area contributed by atoms with E-state index in [2.05, 4.69) is 15.6 Å². The molecule has 26 heavy (non-hydrogen) atoms. The van der Waals surface area contributed by atoms with E-state index in [0.717, 1.165) is 37.9 Å². The minimum Gasteiger partial charge on any atom is -0.441 e. The van der Waals surface area contributed by atoms with Gasteiger partial charge in [0.2, 0.25) is 0 Å². The Morgan fingerprint density at radius 2 is 2.04 bits per heavy atom. The van der Waals surface area contributed by atoms with Gasteiger partial charge in [0.25, 0.3) is 0 Å². The van der Waals surface area contributed by atoms with Crippen molar-refractivity contribution in [3.05, 3.63) is 48.4 Å². The monoisotopic (exact) mass is 355 g/mol. The summed E-state index contributed by atoms with van der Waals surface area (Å²) in [5.41, 5.74) is 1.79. The minimum atomic E-state index is -0.289. The second-order valence-corrected chi connectivity index (χ2v) is 7.16. The van der Waals surface area contributed by atoms with E-state index in [9.17, 15) is 9.18 Å². The molecule has 2 aliphatic rings. The van der Waals surface area contributed by atoms with Crippen LogP contribution in [0.1, 0.15) is 25.7 Å². The number of benzene rings is 1. The van der Waals surface area contributed by atoms with E-state index in [1.165, 1.54) is 6.07 Å². The van der Waals surface area contributed by atoms with Crippen molar-refractivity contribution in [2.24, 2.45) is 5.92 Å². The number of aromatic nitrogens is 1. The Morgan fingerprint density at radius 1 is 1.23 bits per heavy atom. The third-order valence-electron chi connectivity index (χ3n) is 5.39. The first-order valence-electron chi connectivity index (χ1n) is 9.05. The highest BCUT2D eigenvalue weighted by atomic mass is 19.1. The van der Waals surface area contributed by atoms with Gasteiger partial charge in [0, 0.05) is 12.1 Å². The molecule has 2 fully saturated rings. The van der Waals surface area contributed by atoms with Gasteiger partial charge in [-0.3, -0.25) is 4.98 Å². The number of carbonyl (C=O) groups is 1. The van der Waals surface area contributed by atoms with E-state index in [-0.39, 0.29) is 17.5 Å². The van der Waals surface area contributed by atoms with Crippen molar-refractivity contribution in [2.45, 2.75) is 31.3 Å². The lowest BCUT2D eigenvalue weighted by atomic mass is 9.79. The molecule has 2 N–H and O–H groups in total. The Kier molecular flexibility index (Phi) is 4.49. The average molecular weight is 355 g/mol. The maximum atomic E-state index is 13.8. The molecule has 0 atom stereocenters. The second-order valence-electron chi connectivity index (χ2n) is 7.16. The topological polar surface area (TPSA) is 63.2 Å². The van der Waals surface area contributed by atoms with Crippen LogP contribution in [0.4, 0.5) is 14.9 Å². The largest absolute Gasteiger partial charge is 0.441 e. The van der Waals surface area contributed by atoms with E-state index >= 15 is 0 Å². The van der Waals surface area contributed by atoms with Gasteiger partial charge < -0.3 is 15.4 Å². The van der Waals surface area contributed by atoms with Crippen molar-refractivity contribution in [1.82, 2.24) is 10.3 Å². The van der Waals surface area contributed by atoms with Gasteiger partial charge in [-0.15, -0.1) is 0 Å². The van der Waals surface area contributed by atoms with Gasteiger partial charge in [-0.1, -0.05) is 12.1 Å². The molecular weight excluding hydrogens is 333 g/mol. The van der Waals surface area contributed by atoms with Crippen LogP contribution >= 0.6 is 0 Å². The highest BCUT2D eigenvalue weighted by molar-refractivity contribution is 5.70. The fourth-order valence-electron chi connectivity index (χ4n) is 3.78.